The zero-order chi connectivity index (χ0) is 19.0. The minimum atomic E-state index is -0.580. The predicted molar refractivity (Wildman–Crippen MR) is 110 cm³/mol. The highest BCUT2D eigenvalue weighted by Gasteiger charge is 2.28. The molecule has 0 fully saturated rings. The maximum absolute atomic E-state index is 6.28. The Balaban J connectivity index is 1.90. The van der Waals surface area contributed by atoms with Crippen LogP contribution in [0.15, 0.2) is 46.0 Å². The molecule has 0 saturated heterocycles. The van der Waals surface area contributed by atoms with E-state index in [-0.39, 0.29) is 0 Å². The second kappa shape index (κ2) is 7.53. The van der Waals surface area contributed by atoms with Crippen molar-refractivity contribution in [2.24, 2.45) is 0 Å². The molecule has 0 radical (unpaired) electrons. The van der Waals surface area contributed by atoms with Gasteiger partial charge < -0.3 is 14.8 Å². The maximum atomic E-state index is 6.28. The fourth-order valence-corrected chi connectivity index (χ4v) is 4.16. The normalized spacial score (nSPS) is 15.0. The quantitative estimate of drug-likeness (QED) is 0.534. The van der Waals surface area contributed by atoms with Gasteiger partial charge in [0, 0.05) is 16.3 Å². The minimum Gasteiger partial charge on any atom is -0.495 e. The van der Waals surface area contributed by atoms with Gasteiger partial charge in [0.1, 0.15) is 5.75 Å². The van der Waals surface area contributed by atoms with Crippen LogP contribution in [0.25, 0.3) is 11.3 Å². The molecule has 1 N–H and O–H groups in total. The van der Waals surface area contributed by atoms with Gasteiger partial charge in [-0.3, -0.25) is 0 Å². The summed E-state index contributed by atoms with van der Waals surface area (Å²) in [5.41, 5.74) is 3.04. The molecule has 9 heteroatoms. The van der Waals surface area contributed by atoms with Crippen molar-refractivity contribution in [2.45, 2.75) is 11.4 Å². The van der Waals surface area contributed by atoms with E-state index in [4.69, 9.17) is 21.1 Å². The van der Waals surface area contributed by atoms with Crippen LogP contribution >= 0.6 is 39.3 Å². The monoisotopic (exact) mass is 464 g/mol. The first-order valence-corrected chi connectivity index (χ1v) is 10.3. The van der Waals surface area contributed by atoms with Gasteiger partial charge in [0.2, 0.25) is 17.3 Å². The average Bonchev–Trinajstić information content (AvgIpc) is 2.83. The van der Waals surface area contributed by atoms with E-state index in [1.165, 1.54) is 11.8 Å². The second-order valence-electron chi connectivity index (χ2n) is 5.65. The molecule has 0 spiro atoms. The third-order valence-electron chi connectivity index (χ3n) is 4.04. The molecule has 3 aromatic rings. The highest BCUT2D eigenvalue weighted by atomic mass is 79.9. The fourth-order valence-electron chi connectivity index (χ4n) is 2.86. The number of nitrogens with one attached hydrogen (secondary N) is 1. The topological polar surface area (TPSA) is 69.2 Å². The van der Waals surface area contributed by atoms with E-state index >= 15 is 0 Å². The molecule has 0 bridgehead atoms. The summed E-state index contributed by atoms with van der Waals surface area (Å²) in [4.78, 5) is 4.51. The number of benzene rings is 2. The number of methoxy groups -OCH3 is 1. The number of rotatable bonds is 3. The van der Waals surface area contributed by atoms with Crippen molar-refractivity contribution < 1.29 is 9.47 Å². The summed E-state index contributed by atoms with van der Waals surface area (Å²) in [5.74, 6) is 1.03. The van der Waals surface area contributed by atoms with Crippen LogP contribution in [0.1, 0.15) is 11.8 Å². The van der Waals surface area contributed by atoms with Crippen molar-refractivity contribution in [3.63, 3.8) is 0 Å². The number of hydrogen-bond acceptors (Lipinski definition) is 7. The van der Waals surface area contributed by atoms with E-state index in [1.807, 2.05) is 30.5 Å². The molecule has 2 heterocycles. The Hall–Kier alpha value is -2.03. The lowest BCUT2D eigenvalue weighted by atomic mass is 10.1. The Bertz CT molecular complexity index is 1020. The van der Waals surface area contributed by atoms with Gasteiger partial charge in [-0.1, -0.05) is 41.6 Å². The van der Waals surface area contributed by atoms with E-state index in [0.717, 1.165) is 21.3 Å². The molecule has 4 rings (SSSR count). The van der Waals surface area contributed by atoms with Crippen LogP contribution in [0, 0.1) is 0 Å². The molecule has 138 valence electrons. The molecule has 1 aliphatic heterocycles. The molecule has 0 amide bonds. The molecule has 1 aromatic heterocycles. The van der Waals surface area contributed by atoms with Crippen LogP contribution in [-0.4, -0.2) is 28.5 Å². The van der Waals surface area contributed by atoms with Crippen LogP contribution in [0.3, 0.4) is 0 Å². The molecular formula is C18H14BrClN4O2S. The first-order valence-electron chi connectivity index (χ1n) is 7.95. The van der Waals surface area contributed by atoms with Gasteiger partial charge in [0.25, 0.3) is 0 Å². The second-order valence-corrected chi connectivity index (χ2v) is 7.71. The van der Waals surface area contributed by atoms with Crippen LogP contribution in [0.5, 0.6) is 11.6 Å². The lowest BCUT2D eigenvalue weighted by molar-refractivity contribution is 0.219. The summed E-state index contributed by atoms with van der Waals surface area (Å²) in [7, 11) is 1.60. The summed E-state index contributed by atoms with van der Waals surface area (Å²) in [5, 5.41) is 13.0. The van der Waals surface area contributed by atoms with E-state index in [2.05, 4.69) is 36.4 Å². The van der Waals surface area contributed by atoms with Gasteiger partial charge in [0.15, 0.2) is 5.69 Å². The summed E-state index contributed by atoms with van der Waals surface area (Å²) >= 11 is 11.2. The largest absolute Gasteiger partial charge is 0.495 e. The Morgan fingerprint density at radius 3 is 2.85 bits per heavy atom. The number of para-hydroxylation sites is 1. The van der Waals surface area contributed by atoms with Crippen LogP contribution in [0.4, 0.5) is 5.69 Å². The number of nitrogens with zero attached hydrogens (tertiary/aromatic N) is 3. The number of hydrogen-bond donors (Lipinski definition) is 1. The molecule has 1 unspecified atom stereocenters. The summed E-state index contributed by atoms with van der Waals surface area (Å²) in [6.07, 6.45) is 1.31. The van der Waals surface area contributed by atoms with Crippen molar-refractivity contribution >= 4 is 45.0 Å². The SMILES string of the molecule is COc1c(Br)cc(Cl)cc1C1Nc2ccccc2-c2nnc(SC)nc2O1. The lowest BCUT2D eigenvalue weighted by Crippen LogP contribution is -2.18. The van der Waals surface area contributed by atoms with Crippen molar-refractivity contribution in [2.75, 3.05) is 18.7 Å². The van der Waals surface area contributed by atoms with Crippen LogP contribution in [-0.2, 0) is 0 Å². The Morgan fingerprint density at radius 1 is 1.26 bits per heavy atom. The average molecular weight is 466 g/mol. The van der Waals surface area contributed by atoms with Gasteiger partial charge in [-0.25, -0.2) is 0 Å². The Kier molecular flexibility index (Phi) is 5.12. The molecule has 1 aliphatic rings. The van der Waals surface area contributed by atoms with E-state index < -0.39 is 6.23 Å². The highest BCUT2D eigenvalue weighted by Crippen LogP contribution is 2.43. The van der Waals surface area contributed by atoms with Gasteiger partial charge >= 0.3 is 0 Å². The summed E-state index contributed by atoms with van der Waals surface area (Å²) in [6.45, 7) is 0. The number of halogens is 2. The third-order valence-corrected chi connectivity index (χ3v) is 5.39. The van der Waals surface area contributed by atoms with Crippen LogP contribution < -0.4 is 14.8 Å². The van der Waals surface area contributed by atoms with Gasteiger partial charge in [-0.15, -0.1) is 10.2 Å². The minimum absolute atomic E-state index is 0.398. The van der Waals surface area contributed by atoms with Gasteiger partial charge in [0.05, 0.1) is 17.1 Å². The maximum Gasteiger partial charge on any atom is 0.247 e. The van der Waals surface area contributed by atoms with Crippen molar-refractivity contribution in [1.29, 1.82) is 0 Å². The number of anilines is 1. The van der Waals surface area contributed by atoms with Crippen molar-refractivity contribution in [1.82, 2.24) is 15.2 Å². The number of fused-ring (bicyclic) bond motifs is 3. The molecular weight excluding hydrogens is 452 g/mol. The van der Waals surface area contributed by atoms with E-state index in [1.54, 1.807) is 19.2 Å². The molecule has 27 heavy (non-hydrogen) atoms. The van der Waals surface area contributed by atoms with Crippen LogP contribution in [0.2, 0.25) is 5.02 Å². The van der Waals surface area contributed by atoms with Gasteiger partial charge in [-0.2, -0.15) is 4.98 Å². The van der Waals surface area contributed by atoms with E-state index in [9.17, 15) is 0 Å². The van der Waals surface area contributed by atoms with Crippen molar-refractivity contribution in [3.8, 4) is 22.9 Å². The molecule has 2 aromatic carbocycles. The van der Waals surface area contributed by atoms with Gasteiger partial charge in [-0.05, 0) is 40.4 Å². The summed E-state index contributed by atoms with van der Waals surface area (Å²) < 4.78 is 12.5. The first-order chi connectivity index (χ1) is 13.1. The molecule has 0 saturated carbocycles. The molecule has 6 nitrogen and oxygen atoms in total. The van der Waals surface area contributed by atoms with E-state index in [0.29, 0.717) is 27.5 Å². The smallest absolute Gasteiger partial charge is 0.247 e. The molecule has 1 atom stereocenters. The zero-order valence-corrected chi connectivity index (χ0v) is 17.5. The third kappa shape index (κ3) is 3.44. The highest BCUT2D eigenvalue weighted by molar-refractivity contribution is 9.10. The first kappa shape index (κ1) is 18.3. The number of thioether (sulfide) groups is 1. The Labute approximate surface area is 173 Å². The standard InChI is InChI=1S/C18H14BrClN4O2S/c1-25-15-11(7-9(20)8-12(15)19)16-21-13-6-4-3-5-10(13)14-17(26-16)22-18(27-2)24-23-14/h3-8,16,21H,1-2H3. The molecule has 0 aliphatic carbocycles. The van der Waals surface area contributed by atoms with Crippen molar-refractivity contribution in [3.05, 3.63) is 51.5 Å². The number of aromatic nitrogens is 3. The fraction of sp³-hybridized carbons (Fsp3) is 0.167. The lowest BCUT2D eigenvalue weighted by Gasteiger charge is -2.22. The predicted octanol–water partition coefficient (Wildman–Crippen LogP) is 5.19. The summed E-state index contributed by atoms with van der Waals surface area (Å²) in [6, 6.07) is 11.4. The zero-order valence-electron chi connectivity index (χ0n) is 14.4. The number of ether oxygens (including phenoxy) is 2. The Morgan fingerprint density at radius 2 is 2.07 bits per heavy atom.